The number of hydrogen-bond donors (Lipinski definition) is 0. The molecule has 0 atom stereocenters. The summed E-state index contributed by atoms with van der Waals surface area (Å²) in [6, 6.07) is 21.8. The van der Waals surface area contributed by atoms with E-state index in [2.05, 4.69) is 86.6 Å². The molecule has 0 amide bonds. The van der Waals surface area contributed by atoms with Crippen molar-refractivity contribution >= 4 is 16.5 Å². The van der Waals surface area contributed by atoms with Gasteiger partial charge in [0.2, 0.25) is 0 Å². The highest BCUT2D eigenvalue weighted by molar-refractivity contribution is 5.99. The molecule has 100 valence electrons. The molecule has 0 radical (unpaired) electrons. The van der Waals surface area contributed by atoms with Crippen LogP contribution in [0.4, 0.5) is 5.69 Å². The molecule has 0 N–H and O–H groups in total. The molecule has 0 saturated carbocycles. The van der Waals surface area contributed by atoms with Crippen LogP contribution in [0.1, 0.15) is 5.56 Å². The van der Waals surface area contributed by atoms with E-state index >= 15 is 0 Å². The molecule has 20 heavy (non-hydrogen) atoms. The zero-order chi connectivity index (χ0) is 14.1. The van der Waals surface area contributed by atoms with Gasteiger partial charge in [0.25, 0.3) is 0 Å². The predicted octanol–water partition coefficient (Wildman–Crippen LogP) is 4.88. The van der Waals surface area contributed by atoms with E-state index in [0.717, 1.165) is 0 Å². The van der Waals surface area contributed by atoms with Crippen LogP contribution in [0.2, 0.25) is 0 Å². The number of aryl methyl sites for hydroxylation is 1. The molecular weight excluding hydrogens is 242 g/mol. The lowest BCUT2D eigenvalue weighted by Crippen LogP contribution is -2.07. The smallest absolute Gasteiger partial charge is 0.0361 e. The van der Waals surface area contributed by atoms with E-state index in [4.69, 9.17) is 0 Å². The Balaban J connectivity index is 2.19. The Kier molecular flexibility index (Phi) is 3.19. The molecule has 0 aromatic heterocycles. The molecule has 0 bridgehead atoms. The number of anilines is 1. The van der Waals surface area contributed by atoms with Crippen LogP contribution in [0.15, 0.2) is 60.7 Å². The lowest BCUT2D eigenvalue weighted by atomic mass is 9.95. The molecule has 1 heteroatoms. The van der Waals surface area contributed by atoms with E-state index in [-0.39, 0.29) is 0 Å². The van der Waals surface area contributed by atoms with Crippen LogP contribution in [0.5, 0.6) is 0 Å². The van der Waals surface area contributed by atoms with Gasteiger partial charge in [0.15, 0.2) is 0 Å². The second-order valence-electron chi connectivity index (χ2n) is 5.42. The molecule has 1 nitrogen and oxygen atoms in total. The highest BCUT2D eigenvalue weighted by Crippen LogP contribution is 2.31. The minimum atomic E-state index is 1.23. The van der Waals surface area contributed by atoms with E-state index in [9.17, 15) is 0 Å². The lowest BCUT2D eigenvalue weighted by molar-refractivity contribution is 1.13. The molecule has 0 aliphatic heterocycles. The molecule has 0 aliphatic rings. The van der Waals surface area contributed by atoms with E-state index in [1.807, 2.05) is 0 Å². The van der Waals surface area contributed by atoms with Gasteiger partial charge in [0.05, 0.1) is 0 Å². The van der Waals surface area contributed by atoms with Gasteiger partial charge >= 0.3 is 0 Å². The van der Waals surface area contributed by atoms with Gasteiger partial charge in [-0.2, -0.15) is 0 Å². The van der Waals surface area contributed by atoms with Crippen LogP contribution in [0, 0.1) is 6.92 Å². The van der Waals surface area contributed by atoms with Gasteiger partial charge in [-0.05, 0) is 46.5 Å². The van der Waals surface area contributed by atoms with Crippen molar-refractivity contribution in [1.82, 2.24) is 0 Å². The predicted molar refractivity (Wildman–Crippen MR) is 88.4 cm³/mol. The second-order valence-corrected chi connectivity index (χ2v) is 5.42. The quantitative estimate of drug-likeness (QED) is 0.635. The Bertz CT molecular complexity index is 734. The molecule has 3 aromatic rings. The topological polar surface area (TPSA) is 3.24 Å². The maximum Gasteiger partial charge on any atom is 0.0361 e. The van der Waals surface area contributed by atoms with Crippen LogP contribution in [-0.2, 0) is 0 Å². The van der Waals surface area contributed by atoms with Gasteiger partial charge in [-0.15, -0.1) is 0 Å². The van der Waals surface area contributed by atoms with Gasteiger partial charge in [-0.3, -0.25) is 0 Å². The van der Waals surface area contributed by atoms with Crippen LogP contribution in [0.3, 0.4) is 0 Å². The fourth-order valence-corrected chi connectivity index (χ4v) is 2.71. The Morgan fingerprint density at radius 3 is 2.05 bits per heavy atom. The van der Waals surface area contributed by atoms with Crippen molar-refractivity contribution in [2.45, 2.75) is 6.92 Å². The van der Waals surface area contributed by atoms with Gasteiger partial charge in [0.1, 0.15) is 0 Å². The highest BCUT2D eigenvalue weighted by atomic mass is 15.1. The normalized spacial score (nSPS) is 10.8. The zero-order valence-corrected chi connectivity index (χ0v) is 12.2. The molecule has 0 heterocycles. The maximum atomic E-state index is 2.21. The largest absolute Gasteiger partial charge is 0.378 e. The number of rotatable bonds is 2. The molecule has 0 fully saturated rings. The van der Waals surface area contributed by atoms with Crippen molar-refractivity contribution < 1.29 is 0 Å². The van der Waals surface area contributed by atoms with Crippen LogP contribution in [0.25, 0.3) is 21.9 Å². The first kappa shape index (κ1) is 12.7. The fourth-order valence-electron chi connectivity index (χ4n) is 2.71. The van der Waals surface area contributed by atoms with E-state index in [0.29, 0.717) is 0 Å². The highest BCUT2D eigenvalue weighted by Gasteiger charge is 2.06. The summed E-state index contributed by atoms with van der Waals surface area (Å²) in [4.78, 5) is 2.12. The third-order valence-corrected chi connectivity index (χ3v) is 3.81. The molecule has 3 rings (SSSR count). The van der Waals surface area contributed by atoms with Crippen molar-refractivity contribution in [2.24, 2.45) is 0 Å². The van der Waals surface area contributed by atoms with Gasteiger partial charge < -0.3 is 4.90 Å². The van der Waals surface area contributed by atoms with Crippen LogP contribution >= 0.6 is 0 Å². The summed E-state index contributed by atoms with van der Waals surface area (Å²) in [5.74, 6) is 0. The molecule has 0 unspecified atom stereocenters. The molecule has 0 spiro atoms. The van der Waals surface area contributed by atoms with Crippen molar-refractivity contribution in [3.63, 3.8) is 0 Å². The van der Waals surface area contributed by atoms with E-state index in [1.54, 1.807) is 0 Å². The van der Waals surface area contributed by atoms with E-state index < -0.39 is 0 Å². The van der Waals surface area contributed by atoms with Crippen LogP contribution < -0.4 is 4.90 Å². The summed E-state index contributed by atoms with van der Waals surface area (Å²) in [6.45, 7) is 2.18. The van der Waals surface area contributed by atoms with Crippen molar-refractivity contribution in [3.8, 4) is 11.1 Å². The monoisotopic (exact) mass is 261 g/mol. The average Bonchev–Trinajstić information content (AvgIpc) is 2.47. The number of benzene rings is 3. The first-order valence-electron chi connectivity index (χ1n) is 6.93. The second kappa shape index (κ2) is 5.01. The summed E-state index contributed by atoms with van der Waals surface area (Å²) in [5, 5.41) is 2.66. The SMILES string of the molecule is Cc1cccc2cccc(-c3ccc(N(C)C)cc3)c12. The number of fused-ring (bicyclic) bond motifs is 1. The van der Waals surface area contributed by atoms with Crippen molar-refractivity contribution in [1.29, 1.82) is 0 Å². The fraction of sp³-hybridized carbons (Fsp3) is 0.158. The van der Waals surface area contributed by atoms with Crippen molar-refractivity contribution in [2.75, 3.05) is 19.0 Å². The first-order chi connectivity index (χ1) is 9.66. The third-order valence-electron chi connectivity index (χ3n) is 3.81. The third kappa shape index (κ3) is 2.16. The van der Waals surface area contributed by atoms with Crippen LogP contribution in [-0.4, -0.2) is 14.1 Å². The lowest BCUT2D eigenvalue weighted by Gasteiger charge is -2.14. The van der Waals surface area contributed by atoms with Gasteiger partial charge in [0, 0.05) is 19.8 Å². The Labute approximate surface area is 120 Å². The molecule has 0 saturated heterocycles. The summed E-state index contributed by atoms with van der Waals surface area (Å²) >= 11 is 0. The summed E-state index contributed by atoms with van der Waals surface area (Å²) in [6.07, 6.45) is 0. The summed E-state index contributed by atoms with van der Waals surface area (Å²) in [7, 11) is 4.13. The Morgan fingerprint density at radius 2 is 1.40 bits per heavy atom. The number of hydrogen-bond acceptors (Lipinski definition) is 1. The summed E-state index contributed by atoms with van der Waals surface area (Å²) in [5.41, 5.74) is 5.14. The number of nitrogens with zero attached hydrogens (tertiary/aromatic N) is 1. The summed E-state index contributed by atoms with van der Waals surface area (Å²) < 4.78 is 0. The standard InChI is InChI=1S/C19H19N/c1-14-6-4-7-16-8-5-9-18(19(14)16)15-10-12-17(13-11-15)20(2)3/h4-13H,1-3H3. The zero-order valence-electron chi connectivity index (χ0n) is 12.2. The van der Waals surface area contributed by atoms with Gasteiger partial charge in [-0.1, -0.05) is 48.5 Å². The minimum absolute atomic E-state index is 1.23. The van der Waals surface area contributed by atoms with Crippen molar-refractivity contribution in [3.05, 3.63) is 66.2 Å². The van der Waals surface area contributed by atoms with Gasteiger partial charge in [-0.25, -0.2) is 0 Å². The maximum absolute atomic E-state index is 2.21. The Hall–Kier alpha value is -2.28. The average molecular weight is 261 g/mol. The Morgan fingerprint density at radius 1 is 0.750 bits per heavy atom. The first-order valence-corrected chi connectivity index (χ1v) is 6.93. The minimum Gasteiger partial charge on any atom is -0.378 e. The molecule has 3 aromatic carbocycles. The van der Waals surface area contributed by atoms with E-state index in [1.165, 1.54) is 33.2 Å². The molecule has 0 aliphatic carbocycles. The molecular formula is C19H19N.